The standard InChI is InChI=1S/C25H24FNO4P/c1-5-17(12-15-22(28)31-32(29)30-4)24-23(16(2)3)20-8-6-7-9-21(20)27-25(24)18-10-13-19(26)14-11-18/h1,6-11,13-14,16-17H,12,15H2,2-4H3/q+1. The van der Waals surface area contributed by atoms with Crippen LogP contribution in [-0.4, -0.2) is 18.1 Å². The predicted molar refractivity (Wildman–Crippen MR) is 123 cm³/mol. The highest BCUT2D eigenvalue weighted by Gasteiger charge is 2.28. The zero-order valence-corrected chi connectivity index (χ0v) is 19.1. The summed E-state index contributed by atoms with van der Waals surface area (Å²) in [6.45, 7) is 4.15. The number of hydrogen-bond acceptors (Lipinski definition) is 5. The quantitative estimate of drug-likeness (QED) is 0.288. The molecule has 0 N–H and O–H groups in total. The first-order valence-electron chi connectivity index (χ1n) is 10.2. The fraction of sp³-hybridized carbons (Fsp3) is 0.280. The summed E-state index contributed by atoms with van der Waals surface area (Å²) < 4.78 is 34.2. The third-order valence-electron chi connectivity index (χ3n) is 5.18. The van der Waals surface area contributed by atoms with Crippen molar-refractivity contribution in [3.05, 3.63) is 65.5 Å². The monoisotopic (exact) mass is 452 g/mol. The number of rotatable bonds is 8. The minimum atomic E-state index is -2.49. The fourth-order valence-corrected chi connectivity index (χ4v) is 4.13. The molecule has 0 aliphatic carbocycles. The zero-order chi connectivity index (χ0) is 23.3. The normalized spacial score (nSPS) is 12.4. The lowest BCUT2D eigenvalue weighted by Gasteiger charge is -2.23. The van der Waals surface area contributed by atoms with Gasteiger partial charge in [0.2, 0.25) is 0 Å². The van der Waals surface area contributed by atoms with Crippen LogP contribution in [0.4, 0.5) is 4.39 Å². The number of pyridine rings is 1. The van der Waals surface area contributed by atoms with Gasteiger partial charge >= 0.3 is 14.2 Å². The first-order valence-corrected chi connectivity index (χ1v) is 11.3. The van der Waals surface area contributed by atoms with Gasteiger partial charge in [0, 0.05) is 21.4 Å². The van der Waals surface area contributed by atoms with Crippen molar-refractivity contribution in [2.24, 2.45) is 0 Å². The number of hydrogen-bond donors (Lipinski definition) is 0. The molecule has 2 unspecified atom stereocenters. The van der Waals surface area contributed by atoms with Gasteiger partial charge in [-0.1, -0.05) is 38.0 Å². The van der Waals surface area contributed by atoms with Crippen LogP contribution in [0.2, 0.25) is 0 Å². The maximum Gasteiger partial charge on any atom is 0.752 e. The number of benzene rings is 2. The molecule has 2 atom stereocenters. The summed E-state index contributed by atoms with van der Waals surface area (Å²) >= 11 is 0. The maximum atomic E-state index is 13.6. The summed E-state index contributed by atoms with van der Waals surface area (Å²) in [6, 6.07) is 13.9. The van der Waals surface area contributed by atoms with Gasteiger partial charge in [0.15, 0.2) is 0 Å². The van der Waals surface area contributed by atoms with Crippen LogP contribution in [-0.2, 0) is 18.4 Å². The smallest absolute Gasteiger partial charge is 0.247 e. The Morgan fingerprint density at radius 3 is 2.47 bits per heavy atom. The molecular weight excluding hydrogens is 428 g/mol. The molecule has 0 aliphatic heterocycles. The molecule has 0 spiro atoms. The van der Waals surface area contributed by atoms with Gasteiger partial charge in [-0.25, -0.2) is 14.2 Å². The van der Waals surface area contributed by atoms with E-state index < -0.39 is 20.1 Å². The van der Waals surface area contributed by atoms with Crippen LogP contribution < -0.4 is 0 Å². The highest BCUT2D eigenvalue weighted by Crippen LogP contribution is 2.40. The molecule has 0 saturated carbocycles. The van der Waals surface area contributed by atoms with Crippen LogP contribution >= 0.6 is 8.25 Å². The molecule has 0 fully saturated rings. The largest absolute Gasteiger partial charge is 0.752 e. The summed E-state index contributed by atoms with van der Waals surface area (Å²) in [6.07, 6.45) is 6.17. The molecule has 5 nitrogen and oxygen atoms in total. The van der Waals surface area contributed by atoms with E-state index in [4.69, 9.17) is 15.9 Å². The Morgan fingerprint density at radius 2 is 1.84 bits per heavy atom. The van der Waals surface area contributed by atoms with Crippen LogP contribution in [0.3, 0.4) is 0 Å². The number of nitrogens with zero attached hydrogens (tertiary/aromatic N) is 1. The molecule has 0 bridgehead atoms. The van der Waals surface area contributed by atoms with Crippen LogP contribution in [0, 0.1) is 18.2 Å². The number of terminal acetylenes is 1. The molecule has 2 aromatic carbocycles. The topological polar surface area (TPSA) is 65.5 Å². The summed E-state index contributed by atoms with van der Waals surface area (Å²) in [5.41, 5.74) is 4.07. The lowest BCUT2D eigenvalue weighted by molar-refractivity contribution is -0.134. The van der Waals surface area contributed by atoms with Crippen LogP contribution in [0.5, 0.6) is 0 Å². The number of para-hydroxylation sites is 1. The molecule has 1 aromatic heterocycles. The molecule has 0 radical (unpaired) electrons. The summed E-state index contributed by atoms with van der Waals surface area (Å²) in [4.78, 5) is 17.0. The van der Waals surface area contributed by atoms with Gasteiger partial charge in [0.25, 0.3) is 0 Å². The molecule has 32 heavy (non-hydrogen) atoms. The first kappa shape index (κ1) is 23.5. The third kappa shape index (κ3) is 5.19. The Hall–Kier alpha value is -3.13. The van der Waals surface area contributed by atoms with Crippen molar-refractivity contribution in [1.82, 2.24) is 4.98 Å². The van der Waals surface area contributed by atoms with E-state index in [2.05, 4.69) is 24.3 Å². The number of carbonyl (C=O) groups is 1. The summed E-state index contributed by atoms with van der Waals surface area (Å²) in [5.74, 6) is 1.45. The highest BCUT2D eigenvalue weighted by molar-refractivity contribution is 7.34. The average Bonchev–Trinajstić information content (AvgIpc) is 2.79. The van der Waals surface area contributed by atoms with Gasteiger partial charge in [0.1, 0.15) is 5.82 Å². The van der Waals surface area contributed by atoms with E-state index in [9.17, 15) is 13.8 Å². The van der Waals surface area contributed by atoms with Crippen molar-refractivity contribution >= 4 is 25.1 Å². The fourth-order valence-electron chi connectivity index (χ4n) is 3.79. The predicted octanol–water partition coefficient (Wildman–Crippen LogP) is 6.51. The lowest BCUT2D eigenvalue weighted by atomic mass is 9.82. The molecule has 3 rings (SSSR count). The SMILES string of the molecule is C#CC(CCC(=O)O[P+](=O)OC)c1c(-c2ccc(F)cc2)nc2ccccc2c1C(C)C. The molecule has 0 amide bonds. The first-order chi connectivity index (χ1) is 15.3. The number of fused-ring (bicyclic) bond motifs is 1. The minimum absolute atomic E-state index is 0.0352. The van der Waals surface area contributed by atoms with Crippen molar-refractivity contribution in [2.45, 2.75) is 38.5 Å². The average molecular weight is 452 g/mol. The van der Waals surface area contributed by atoms with Gasteiger partial charge in [-0.15, -0.1) is 10.9 Å². The number of halogens is 1. The summed E-state index contributed by atoms with van der Waals surface area (Å²) in [5, 5.41) is 0.980. The maximum absolute atomic E-state index is 13.6. The van der Waals surface area contributed by atoms with Crippen molar-refractivity contribution < 1.29 is 22.8 Å². The molecule has 0 saturated heterocycles. The van der Waals surface area contributed by atoms with Crippen molar-refractivity contribution in [2.75, 3.05) is 7.11 Å². The Morgan fingerprint density at radius 1 is 1.16 bits per heavy atom. The van der Waals surface area contributed by atoms with Gasteiger partial charge in [-0.3, -0.25) is 0 Å². The second-order valence-corrected chi connectivity index (χ2v) is 8.59. The van der Waals surface area contributed by atoms with Crippen LogP contribution in [0.1, 0.15) is 49.7 Å². The van der Waals surface area contributed by atoms with E-state index in [0.717, 1.165) is 27.6 Å². The van der Waals surface area contributed by atoms with Crippen LogP contribution in [0.25, 0.3) is 22.2 Å². The van der Waals surface area contributed by atoms with E-state index in [0.29, 0.717) is 5.69 Å². The Balaban J connectivity index is 2.15. The van der Waals surface area contributed by atoms with Crippen LogP contribution in [0.15, 0.2) is 48.5 Å². The Bertz CT molecular complexity index is 1190. The molecule has 164 valence electrons. The van der Waals surface area contributed by atoms with Gasteiger partial charge in [-0.2, -0.15) is 4.52 Å². The van der Waals surface area contributed by atoms with E-state index in [1.165, 1.54) is 19.2 Å². The van der Waals surface area contributed by atoms with Crippen molar-refractivity contribution in [3.8, 4) is 23.6 Å². The summed E-state index contributed by atoms with van der Waals surface area (Å²) in [7, 11) is -1.30. The Labute approximate surface area is 187 Å². The van der Waals surface area contributed by atoms with E-state index in [1.807, 2.05) is 24.3 Å². The molecule has 3 aromatic rings. The van der Waals surface area contributed by atoms with Crippen molar-refractivity contribution in [1.29, 1.82) is 0 Å². The second kappa shape index (κ2) is 10.5. The van der Waals surface area contributed by atoms with Gasteiger partial charge < -0.3 is 0 Å². The van der Waals surface area contributed by atoms with E-state index in [1.54, 1.807) is 12.1 Å². The molecular formula is C25H24FNO4P+. The van der Waals surface area contributed by atoms with Crippen molar-refractivity contribution in [3.63, 3.8) is 0 Å². The minimum Gasteiger partial charge on any atom is -0.247 e. The number of carbonyl (C=O) groups excluding carboxylic acids is 1. The van der Waals surface area contributed by atoms with E-state index in [-0.39, 0.29) is 24.6 Å². The Kier molecular flexibility index (Phi) is 7.69. The molecule has 1 heterocycles. The van der Waals surface area contributed by atoms with Gasteiger partial charge in [0.05, 0.1) is 24.7 Å². The molecule has 0 aliphatic rings. The molecule has 7 heteroatoms. The zero-order valence-electron chi connectivity index (χ0n) is 18.2. The highest BCUT2D eigenvalue weighted by atomic mass is 31.1. The second-order valence-electron chi connectivity index (χ2n) is 7.59. The number of aromatic nitrogens is 1. The van der Waals surface area contributed by atoms with Gasteiger partial charge in [-0.05, 0) is 53.8 Å². The lowest BCUT2D eigenvalue weighted by Crippen LogP contribution is -2.10. The van der Waals surface area contributed by atoms with E-state index >= 15 is 0 Å². The third-order valence-corrected chi connectivity index (χ3v) is 5.83.